The fraction of sp³-hybridized carbons (Fsp3) is 0.385. The summed E-state index contributed by atoms with van der Waals surface area (Å²) in [5.41, 5.74) is 15.7. The van der Waals surface area contributed by atoms with Crippen LogP contribution in [0.3, 0.4) is 0 Å². The molecule has 0 heterocycles. The fourth-order valence-electron chi connectivity index (χ4n) is 3.61. The van der Waals surface area contributed by atoms with Crippen LogP contribution in [0.15, 0.2) is 53.6 Å². The molecule has 0 radical (unpaired) electrons. The number of anilines is 1. The number of aliphatic hydroxyl groups is 1. The quantitative estimate of drug-likeness (QED) is 0.0922. The van der Waals surface area contributed by atoms with Crippen molar-refractivity contribution in [1.82, 2.24) is 16.0 Å². The summed E-state index contributed by atoms with van der Waals surface area (Å²) in [7, 11) is 0. The first-order chi connectivity index (χ1) is 18.6. The highest BCUT2D eigenvalue weighted by Crippen LogP contribution is 2.13. The van der Waals surface area contributed by atoms with Crippen molar-refractivity contribution < 1.29 is 24.3 Å². The van der Waals surface area contributed by atoms with Crippen molar-refractivity contribution in [2.24, 2.45) is 16.8 Å². The van der Waals surface area contributed by atoms with Gasteiger partial charge in [0, 0.05) is 22.7 Å². The van der Waals surface area contributed by atoms with Gasteiger partial charge in [0.25, 0.3) is 5.91 Å². The van der Waals surface area contributed by atoms with Crippen LogP contribution >= 0.6 is 0 Å². The number of aliphatic hydroxyl groups excluding tert-OH is 1. The zero-order valence-corrected chi connectivity index (χ0v) is 21.9. The Bertz CT molecular complexity index is 1180. The number of rotatable bonds is 14. The average Bonchev–Trinajstić information content (AvgIpc) is 2.92. The minimum absolute atomic E-state index is 0.137. The molecule has 0 bridgehead atoms. The molecule has 2 atom stereocenters. The molecule has 5 amide bonds. The van der Waals surface area contributed by atoms with Crippen molar-refractivity contribution in [2.75, 3.05) is 11.9 Å². The second kappa shape index (κ2) is 15.6. The lowest BCUT2D eigenvalue weighted by atomic mass is 10.0. The number of primary amides is 1. The first-order valence-electron chi connectivity index (χ1n) is 12.4. The van der Waals surface area contributed by atoms with E-state index in [4.69, 9.17) is 11.3 Å². The molecule has 2 aromatic carbocycles. The third-order valence-electron chi connectivity index (χ3n) is 5.77. The van der Waals surface area contributed by atoms with Crippen LogP contribution in [0.1, 0.15) is 48.2 Å². The summed E-state index contributed by atoms with van der Waals surface area (Å²) >= 11 is 0. The highest BCUT2D eigenvalue weighted by molar-refractivity contribution is 6.00. The number of carbonyl (C=O) groups excluding carboxylic acids is 4. The van der Waals surface area contributed by atoms with Gasteiger partial charge in [-0.25, -0.2) is 4.79 Å². The Kier molecular flexibility index (Phi) is 12.2. The zero-order chi connectivity index (χ0) is 28.8. The van der Waals surface area contributed by atoms with Crippen LogP contribution in [0.25, 0.3) is 10.4 Å². The maximum absolute atomic E-state index is 13.2. The monoisotopic (exact) mass is 538 g/mol. The van der Waals surface area contributed by atoms with Crippen LogP contribution in [-0.4, -0.2) is 47.5 Å². The van der Waals surface area contributed by atoms with Gasteiger partial charge < -0.3 is 32.1 Å². The lowest BCUT2D eigenvalue weighted by Crippen LogP contribution is -2.54. The molecule has 208 valence electrons. The average molecular weight is 539 g/mol. The number of urea groups is 1. The number of azide groups is 1. The molecule has 7 N–H and O–H groups in total. The molecule has 39 heavy (non-hydrogen) atoms. The Balaban J connectivity index is 2.12. The Hall–Kier alpha value is -4.61. The van der Waals surface area contributed by atoms with E-state index in [9.17, 15) is 24.3 Å². The minimum Gasteiger partial charge on any atom is -0.392 e. The molecule has 0 saturated carbocycles. The van der Waals surface area contributed by atoms with Gasteiger partial charge >= 0.3 is 6.03 Å². The van der Waals surface area contributed by atoms with Gasteiger partial charge in [-0.15, -0.1) is 0 Å². The molecule has 13 heteroatoms. The molecule has 2 rings (SSSR count). The molecule has 2 unspecified atom stereocenters. The van der Waals surface area contributed by atoms with Crippen LogP contribution in [0.2, 0.25) is 0 Å². The van der Waals surface area contributed by atoms with Gasteiger partial charge in [0.15, 0.2) is 0 Å². The Labute approximate surface area is 226 Å². The maximum Gasteiger partial charge on any atom is 0.312 e. The summed E-state index contributed by atoms with van der Waals surface area (Å²) in [5.74, 6) is -1.81. The summed E-state index contributed by atoms with van der Waals surface area (Å²) < 4.78 is 0. The van der Waals surface area contributed by atoms with Gasteiger partial charge in [0.05, 0.1) is 13.2 Å². The van der Waals surface area contributed by atoms with Crippen molar-refractivity contribution in [1.29, 1.82) is 0 Å². The van der Waals surface area contributed by atoms with E-state index in [0.29, 0.717) is 23.2 Å². The van der Waals surface area contributed by atoms with Gasteiger partial charge in [0.2, 0.25) is 11.8 Å². The van der Waals surface area contributed by atoms with Crippen LogP contribution in [0, 0.1) is 5.92 Å². The number of hydrogen-bond donors (Lipinski definition) is 6. The second-order valence-electron chi connectivity index (χ2n) is 9.12. The van der Waals surface area contributed by atoms with Crippen LogP contribution < -0.4 is 27.0 Å². The highest BCUT2D eigenvalue weighted by Gasteiger charge is 2.29. The smallest absolute Gasteiger partial charge is 0.312 e. The molecule has 13 nitrogen and oxygen atoms in total. The van der Waals surface area contributed by atoms with E-state index in [0.717, 1.165) is 5.56 Å². The van der Waals surface area contributed by atoms with Crippen molar-refractivity contribution >= 4 is 29.4 Å². The van der Waals surface area contributed by atoms with E-state index in [-0.39, 0.29) is 32.0 Å². The van der Waals surface area contributed by atoms with E-state index < -0.39 is 35.8 Å². The number of carbonyl (C=O) groups is 4. The Morgan fingerprint density at radius 1 is 0.974 bits per heavy atom. The molecule has 0 aromatic heterocycles. The highest BCUT2D eigenvalue weighted by atomic mass is 16.3. The molecule has 0 aliphatic heterocycles. The molecule has 0 saturated heterocycles. The van der Waals surface area contributed by atoms with Crippen LogP contribution in [-0.2, 0) is 22.7 Å². The predicted molar refractivity (Wildman–Crippen MR) is 145 cm³/mol. The fourth-order valence-corrected chi connectivity index (χ4v) is 3.61. The second-order valence-corrected chi connectivity index (χ2v) is 9.12. The van der Waals surface area contributed by atoms with Gasteiger partial charge in [-0.05, 0) is 59.7 Å². The number of benzene rings is 2. The molecule has 2 aromatic rings. The Morgan fingerprint density at radius 3 is 2.18 bits per heavy atom. The van der Waals surface area contributed by atoms with Crippen molar-refractivity contribution in [3.8, 4) is 0 Å². The first kappa shape index (κ1) is 30.6. The lowest BCUT2D eigenvalue weighted by molar-refractivity contribution is -0.128. The molecule has 0 aliphatic rings. The SMILES string of the molecule is CC(C)C(NC(=O)c1ccc(CN=[N+]=[N-])cc1)C(=O)NC(CCCNC(N)=O)C(=O)Nc1ccc(CO)cc1. The standard InChI is InChI=1S/C26H34N8O5/c1-16(2)22(33-23(36)19-9-5-17(6-10-19)14-30-34-28)25(38)32-21(4-3-13-29-26(27)39)24(37)31-20-11-7-18(15-35)8-12-20/h5-12,16,21-22,35H,3-4,13-15H2,1-2H3,(H,31,37)(H,32,38)(H,33,36)(H3,27,29,39). The topological polar surface area (TPSA) is 211 Å². The number of amides is 5. The summed E-state index contributed by atoms with van der Waals surface area (Å²) in [4.78, 5) is 52.9. The van der Waals surface area contributed by atoms with E-state index in [2.05, 4.69) is 31.3 Å². The Morgan fingerprint density at radius 2 is 1.62 bits per heavy atom. The van der Waals surface area contributed by atoms with Gasteiger partial charge in [-0.2, -0.15) is 0 Å². The number of nitrogens with zero attached hydrogens (tertiary/aromatic N) is 3. The third-order valence-corrected chi connectivity index (χ3v) is 5.77. The largest absolute Gasteiger partial charge is 0.392 e. The van der Waals surface area contributed by atoms with E-state index >= 15 is 0 Å². The van der Waals surface area contributed by atoms with Crippen molar-refractivity contribution in [3.63, 3.8) is 0 Å². The molecular weight excluding hydrogens is 504 g/mol. The summed E-state index contributed by atoms with van der Waals surface area (Å²) in [5, 5.41) is 23.3. The van der Waals surface area contributed by atoms with Gasteiger partial charge in [-0.3, -0.25) is 14.4 Å². The third kappa shape index (κ3) is 10.3. The zero-order valence-electron chi connectivity index (χ0n) is 21.9. The molecule has 0 fully saturated rings. The van der Waals surface area contributed by atoms with Crippen molar-refractivity contribution in [2.45, 2.75) is 51.9 Å². The molecular formula is C26H34N8O5. The predicted octanol–water partition coefficient (Wildman–Crippen LogP) is 2.32. The first-order valence-corrected chi connectivity index (χ1v) is 12.4. The minimum atomic E-state index is -0.970. The van der Waals surface area contributed by atoms with E-state index in [1.165, 1.54) is 0 Å². The van der Waals surface area contributed by atoms with Crippen molar-refractivity contribution in [3.05, 3.63) is 75.7 Å². The van der Waals surface area contributed by atoms with E-state index in [1.54, 1.807) is 62.4 Å². The van der Waals surface area contributed by atoms with E-state index in [1.807, 2.05) is 0 Å². The summed E-state index contributed by atoms with van der Waals surface area (Å²) in [6.07, 6.45) is 0.545. The lowest BCUT2D eigenvalue weighted by Gasteiger charge is -2.25. The summed E-state index contributed by atoms with van der Waals surface area (Å²) in [6.45, 7) is 3.76. The molecule has 0 aliphatic carbocycles. The van der Waals surface area contributed by atoms with Gasteiger partial charge in [-0.1, -0.05) is 43.2 Å². The van der Waals surface area contributed by atoms with Crippen LogP contribution in [0.4, 0.5) is 10.5 Å². The van der Waals surface area contributed by atoms with Crippen LogP contribution in [0.5, 0.6) is 0 Å². The number of nitrogens with one attached hydrogen (secondary N) is 4. The molecule has 0 spiro atoms. The normalized spacial score (nSPS) is 12.0. The summed E-state index contributed by atoms with van der Waals surface area (Å²) in [6, 6.07) is 10.4. The van der Waals surface area contributed by atoms with Gasteiger partial charge in [0.1, 0.15) is 12.1 Å². The maximum atomic E-state index is 13.2. The number of nitrogens with two attached hydrogens (primary N) is 1. The number of hydrogen-bond acceptors (Lipinski definition) is 6.